The molecule has 0 unspecified atom stereocenters. The number of pyridine rings is 1. The fourth-order valence-electron chi connectivity index (χ4n) is 3.44. The lowest BCUT2D eigenvalue weighted by molar-refractivity contribution is 0.112. The molecule has 0 radical (unpaired) electrons. The normalized spacial score (nSPS) is 10.9. The molecule has 5 rings (SSSR count). The number of anilines is 2. The summed E-state index contributed by atoms with van der Waals surface area (Å²) in [5.74, 6) is 0. The maximum atomic E-state index is 11.4. The van der Waals surface area contributed by atoms with Crippen LogP contribution in [-0.4, -0.2) is 16.3 Å². The van der Waals surface area contributed by atoms with Gasteiger partial charge in [0, 0.05) is 50.4 Å². The number of aromatic amines is 1. The molecular formula is C23H14N4OS. The summed E-state index contributed by atoms with van der Waals surface area (Å²) < 4.78 is 0. The minimum atomic E-state index is 0.472. The molecule has 0 spiro atoms. The van der Waals surface area contributed by atoms with Crippen molar-refractivity contribution < 1.29 is 4.79 Å². The number of fused-ring (bicyclic) bond motifs is 2. The van der Waals surface area contributed by atoms with Gasteiger partial charge in [0.15, 0.2) is 6.29 Å². The number of aldehydes is 1. The maximum absolute atomic E-state index is 11.4. The fraction of sp³-hybridized carbons (Fsp3) is 0. The first-order valence-corrected chi connectivity index (χ1v) is 9.80. The van der Waals surface area contributed by atoms with Crippen molar-refractivity contribution in [3.8, 4) is 16.5 Å². The van der Waals surface area contributed by atoms with Gasteiger partial charge in [0.1, 0.15) is 10.9 Å². The van der Waals surface area contributed by atoms with Crippen LogP contribution in [-0.2, 0) is 0 Å². The van der Waals surface area contributed by atoms with E-state index in [2.05, 4.69) is 21.4 Å². The van der Waals surface area contributed by atoms with Crippen LogP contribution in [0.15, 0.2) is 67.0 Å². The molecule has 0 fully saturated rings. The van der Waals surface area contributed by atoms with E-state index in [-0.39, 0.29) is 0 Å². The lowest BCUT2D eigenvalue weighted by atomic mass is 10.1. The molecule has 0 amide bonds. The third-order valence-electron chi connectivity index (χ3n) is 4.86. The zero-order chi connectivity index (χ0) is 19.8. The van der Waals surface area contributed by atoms with Crippen LogP contribution < -0.4 is 5.32 Å². The second-order valence-electron chi connectivity index (χ2n) is 6.60. The third-order valence-corrected chi connectivity index (χ3v) is 5.93. The van der Waals surface area contributed by atoms with E-state index in [0.717, 1.165) is 49.2 Å². The van der Waals surface area contributed by atoms with Gasteiger partial charge in [-0.1, -0.05) is 24.3 Å². The summed E-state index contributed by atoms with van der Waals surface area (Å²) in [5, 5.41) is 15.0. The molecule has 0 saturated heterocycles. The van der Waals surface area contributed by atoms with Crippen molar-refractivity contribution >= 4 is 50.1 Å². The molecule has 0 aliphatic heterocycles. The standard InChI is InChI=1S/C23H14N4OS/c24-11-16-12-26-23-19(10-21(29-23)18-4-2-1-3-15(18)13-28)22(16)27-17-5-6-20-14(9-17)7-8-25-20/h1-10,12-13,25H,(H,26,27). The van der Waals surface area contributed by atoms with Crippen molar-refractivity contribution in [2.45, 2.75) is 0 Å². The number of carbonyl (C=O) groups is 1. The first kappa shape index (κ1) is 17.2. The van der Waals surface area contributed by atoms with Gasteiger partial charge in [-0.3, -0.25) is 4.79 Å². The molecule has 0 saturated carbocycles. The van der Waals surface area contributed by atoms with Gasteiger partial charge in [-0.25, -0.2) is 4.98 Å². The summed E-state index contributed by atoms with van der Waals surface area (Å²) in [6.07, 6.45) is 4.35. The van der Waals surface area contributed by atoms with Gasteiger partial charge in [-0.05, 0) is 30.3 Å². The van der Waals surface area contributed by atoms with Crippen LogP contribution in [0.3, 0.4) is 0 Å². The molecule has 0 bridgehead atoms. The largest absolute Gasteiger partial charge is 0.361 e. The lowest BCUT2D eigenvalue weighted by Crippen LogP contribution is -1.95. The third kappa shape index (κ3) is 2.94. The van der Waals surface area contributed by atoms with Gasteiger partial charge in [0.05, 0.1) is 11.3 Å². The van der Waals surface area contributed by atoms with E-state index in [4.69, 9.17) is 0 Å². The topological polar surface area (TPSA) is 81.6 Å². The first-order valence-electron chi connectivity index (χ1n) is 8.98. The van der Waals surface area contributed by atoms with Gasteiger partial charge < -0.3 is 10.3 Å². The molecule has 0 aliphatic rings. The van der Waals surface area contributed by atoms with Gasteiger partial charge in [-0.2, -0.15) is 5.26 Å². The second kappa shape index (κ2) is 6.89. The number of nitrogens with zero attached hydrogens (tertiary/aromatic N) is 2. The van der Waals surface area contributed by atoms with E-state index in [1.807, 2.05) is 54.7 Å². The Morgan fingerprint density at radius 1 is 1.14 bits per heavy atom. The summed E-state index contributed by atoms with van der Waals surface area (Å²) in [4.78, 5) is 20.8. The minimum Gasteiger partial charge on any atom is -0.361 e. The van der Waals surface area contributed by atoms with Crippen LogP contribution in [0.2, 0.25) is 0 Å². The Balaban J connectivity index is 1.66. The first-order chi connectivity index (χ1) is 14.3. The van der Waals surface area contributed by atoms with E-state index >= 15 is 0 Å². The van der Waals surface area contributed by atoms with Crippen molar-refractivity contribution in [1.82, 2.24) is 9.97 Å². The number of nitrogens with one attached hydrogen (secondary N) is 2. The molecule has 3 heterocycles. The Morgan fingerprint density at radius 2 is 2.03 bits per heavy atom. The van der Waals surface area contributed by atoms with Crippen molar-refractivity contribution in [3.63, 3.8) is 0 Å². The molecular weight excluding hydrogens is 380 g/mol. The van der Waals surface area contributed by atoms with Crippen molar-refractivity contribution in [2.75, 3.05) is 5.32 Å². The molecule has 5 nitrogen and oxygen atoms in total. The number of nitriles is 1. The highest BCUT2D eigenvalue weighted by atomic mass is 32.1. The number of carbonyl (C=O) groups excluding carboxylic acids is 1. The quantitative estimate of drug-likeness (QED) is 0.373. The highest BCUT2D eigenvalue weighted by Gasteiger charge is 2.15. The Morgan fingerprint density at radius 3 is 2.90 bits per heavy atom. The van der Waals surface area contributed by atoms with Crippen LogP contribution in [0.4, 0.5) is 11.4 Å². The van der Waals surface area contributed by atoms with Gasteiger partial charge in [0.25, 0.3) is 0 Å². The van der Waals surface area contributed by atoms with Crippen LogP contribution in [0.5, 0.6) is 0 Å². The zero-order valence-corrected chi connectivity index (χ0v) is 16.0. The number of thiophene rings is 1. The van der Waals surface area contributed by atoms with Crippen molar-refractivity contribution in [1.29, 1.82) is 5.26 Å². The molecule has 138 valence electrons. The lowest BCUT2D eigenvalue weighted by Gasteiger charge is -2.09. The number of benzene rings is 2. The van der Waals surface area contributed by atoms with E-state index in [1.165, 1.54) is 11.3 Å². The minimum absolute atomic E-state index is 0.472. The molecule has 2 aromatic carbocycles. The Kier molecular flexibility index (Phi) is 4.08. The van der Waals surface area contributed by atoms with E-state index in [1.54, 1.807) is 12.3 Å². The van der Waals surface area contributed by atoms with E-state index in [0.29, 0.717) is 11.1 Å². The number of hydrogen-bond donors (Lipinski definition) is 2. The summed E-state index contributed by atoms with van der Waals surface area (Å²) in [6.45, 7) is 0. The average Bonchev–Trinajstić information content (AvgIpc) is 3.40. The Labute approximate surface area is 170 Å². The van der Waals surface area contributed by atoms with Crippen molar-refractivity contribution in [2.24, 2.45) is 0 Å². The molecule has 3 aromatic heterocycles. The molecule has 29 heavy (non-hydrogen) atoms. The SMILES string of the molecule is N#Cc1cnc2sc(-c3ccccc3C=O)cc2c1Nc1ccc2[nH]ccc2c1. The Bertz CT molecular complexity index is 1420. The smallest absolute Gasteiger partial charge is 0.150 e. The zero-order valence-electron chi connectivity index (χ0n) is 15.1. The predicted octanol–water partition coefficient (Wildman–Crippen LogP) is 5.87. The molecule has 0 aliphatic carbocycles. The number of H-pyrrole nitrogens is 1. The summed E-state index contributed by atoms with van der Waals surface area (Å²) in [6, 6.07) is 19.7. The fourth-order valence-corrected chi connectivity index (χ4v) is 4.50. The van der Waals surface area contributed by atoms with E-state index in [9.17, 15) is 10.1 Å². The van der Waals surface area contributed by atoms with Crippen LogP contribution in [0.1, 0.15) is 15.9 Å². The van der Waals surface area contributed by atoms with E-state index < -0.39 is 0 Å². The van der Waals surface area contributed by atoms with Gasteiger partial charge in [-0.15, -0.1) is 11.3 Å². The number of hydrogen-bond acceptors (Lipinski definition) is 5. The second-order valence-corrected chi connectivity index (χ2v) is 7.63. The number of aromatic nitrogens is 2. The summed E-state index contributed by atoms with van der Waals surface area (Å²) >= 11 is 1.50. The highest BCUT2D eigenvalue weighted by Crippen LogP contribution is 2.39. The van der Waals surface area contributed by atoms with Crippen LogP contribution in [0.25, 0.3) is 31.6 Å². The summed E-state index contributed by atoms with van der Waals surface area (Å²) in [5.41, 5.74) is 4.63. The van der Waals surface area contributed by atoms with Crippen LogP contribution in [0, 0.1) is 11.3 Å². The monoisotopic (exact) mass is 394 g/mol. The number of rotatable bonds is 4. The molecule has 2 N–H and O–H groups in total. The molecule has 6 heteroatoms. The van der Waals surface area contributed by atoms with Crippen molar-refractivity contribution in [3.05, 3.63) is 78.1 Å². The Hall–Kier alpha value is -3.95. The summed E-state index contributed by atoms with van der Waals surface area (Å²) in [7, 11) is 0. The molecule has 5 aromatic rings. The maximum Gasteiger partial charge on any atom is 0.150 e. The average molecular weight is 394 g/mol. The van der Waals surface area contributed by atoms with Crippen LogP contribution >= 0.6 is 11.3 Å². The van der Waals surface area contributed by atoms with Gasteiger partial charge >= 0.3 is 0 Å². The van der Waals surface area contributed by atoms with Gasteiger partial charge in [0.2, 0.25) is 0 Å². The highest BCUT2D eigenvalue weighted by molar-refractivity contribution is 7.22. The molecule has 0 atom stereocenters. The predicted molar refractivity (Wildman–Crippen MR) is 117 cm³/mol.